The van der Waals surface area contributed by atoms with E-state index in [1.54, 1.807) is 6.07 Å². The van der Waals surface area contributed by atoms with E-state index in [9.17, 15) is 4.79 Å². The zero-order valence-electron chi connectivity index (χ0n) is 13.5. The van der Waals surface area contributed by atoms with E-state index in [4.69, 9.17) is 10.5 Å². The number of hydrogen-bond acceptors (Lipinski definition) is 6. The van der Waals surface area contributed by atoms with Crippen LogP contribution in [-0.2, 0) is 4.74 Å². The summed E-state index contributed by atoms with van der Waals surface area (Å²) < 4.78 is 4.72. The largest absolute Gasteiger partial charge is 0.465 e. The van der Waals surface area contributed by atoms with Crippen LogP contribution in [0.4, 0.5) is 11.5 Å². The average Bonchev–Trinajstić information content (AvgIpc) is 2.38. The molecule has 3 N–H and O–H groups in total. The highest BCUT2D eigenvalue weighted by Crippen LogP contribution is 2.18. The van der Waals surface area contributed by atoms with E-state index >= 15 is 0 Å². The van der Waals surface area contributed by atoms with Gasteiger partial charge in [0.15, 0.2) is 0 Å². The SMILES string of the molecule is COC(=O)c1cc(NC(CC(C)C)CN(C)C)ncc1N. The van der Waals surface area contributed by atoms with Crippen LogP contribution in [0.25, 0.3) is 0 Å². The van der Waals surface area contributed by atoms with Crippen molar-refractivity contribution in [1.29, 1.82) is 0 Å². The minimum Gasteiger partial charge on any atom is -0.465 e. The number of hydrogen-bond donors (Lipinski definition) is 2. The number of methoxy groups -OCH3 is 1. The van der Waals surface area contributed by atoms with Crippen molar-refractivity contribution in [2.45, 2.75) is 26.3 Å². The molecule has 1 aromatic rings. The van der Waals surface area contributed by atoms with Crippen molar-refractivity contribution in [3.8, 4) is 0 Å². The molecule has 0 amide bonds. The molecule has 0 aromatic carbocycles. The number of carbonyl (C=O) groups is 1. The summed E-state index contributed by atoms with van der Waals surface area (Å²) in [6.45, 7) is 5.25. The highest BCUT2D eigenvalue weighted by atomic mass is 16.5. The van der Waals surface area contributed by atoms with Gasteiger partial charge in [0.2, 0.25) is 0 Å². The maximum Gasteiger partial charge on any atom is 0.340 e. The zero-order valence-corrected chi connectivity index (χ0v) is 13.5. The minimum absolute atomic E-state index is 0.252. The molecule has 0 spiro atoms. The average molecular weight is 294 g/mol. The molecule has 118 valence electrons. The molecule has 1 aromatic heterocycles. The number of ether oxygens (including phenoxy) is 1. The Kier molecular flexibility index (Phi) is 6.42. The second-order valence-electron chi connectivity index (χ2n) is 5.88. The van der Waals surface area contributed by atoms with Gasteiger partial charge in [-0.3, -0.25) is 0 Å². The number of aromatic nitrogens is 1. The second kappa shape index (κ2) is 7.83. The van der Waals surface area contributed by atoms with E-state index in [1.807, 2.05) is 14.1 Å². The van der Waals surface area contributed by atoms with Gasteiger partial charge in [0.05, 0.1) is 24.6 Å². The van der Waals surface area contributed by atoms with Gasteiger partial charge in [-0.2, -0.15) is 0 Å². The molecule has 6 heteroatoms. The van der Waals surface area contributed by atoms with Crippen LogP contribution < -0.4 is 11.1 Å². The number of rotatable bonds is 7. The Balaban J connectivity index is 2.90. The fraction of sp³-hybridized carbons (Fsp3) is 0.600. The Morgan fingerprint density at radius 3 is 2.67 bits per heavy atom. The Hall–Kier alpha value is -1.82. The first-order chi connectivity index (χ1) is 9.83. The van der Waals surface area contributed by atoms with Gasteiger partial charge in [0.1, 0.15) is 5.82 Å². The molecule has 0 fully saturated rings. The third kappa shape index (κ3) is 5.59. The number of nitrogens with one attached hydrogen (secondary N) is 1. The molecule has 6 nitrogen and oxygen atoms in total. The first kappa shape index (κ1) is 17.2. The number of likely N-dealkylation sites (N-methyl/N-ethyl adjacent to an activating group) is 1. The lowest BCUT2D eigenvalue weighted by molar-refractivity contribution is 0.0602. The van der Waals surface area contributed by atoms with Gasteiger partial charge in [-0.1, -0.05) is 13.8 Å². The van der Waals surface area contributed by atoms with Crippen molar-refractivity contribution in [2.75, 3.05) is 38.8 Å². The number of nitrogens with zero attached hydrogens (tertiary/aromatic N) is 2. The molecular formula is C15H26N4O2. The van der Waals surface area contributed by atoms with Crippen molar-refractivity contribution in [3.05, 3.63) is 17.8 Å². The van der Waals surface area contributed by atoms with Crippen LogP contribution in [0.1, 0.15) is 30.6 Å². The summed E-state index contributed by atoms with van der Waals surface area (Å²) >= 11 is 0. The summed E-state index contributed by atoms with van der Waals surface area (Å²) in [5, 5.41) is 3.37. The Bertz CT molecular complexity index is 465. The molecular weight excluding hydrogens is 268 g/mol. The van der Waals surface area contributed by atoms with Gasteiger partial charge < -0.3 is 20.7 Å². The van der Waals surface area contributed by atoms with Crippen LogP contribution >= 0.6 is 0 Å². The molecule has 0 saturated heterocycles. The monoisotopic (exact) mass is 294 g/mol. The quantitative estimate of drug-likeness (QED) is 0.747. The van der Waals surface area contributed by atoms with E-state index < -0.39 is 5.97 Å². The van der Waals surface area contributed by atoms with Crippen LogP contribution in [0.5, 0.6) is 0 Å². The van der Waals surface area contributed by atoms with Crippen LogP contribution in [0.2, 0.25) is 0 Å². The van der Waals surface area contributed by atoms with Gasteiger partial charge >= 0.3 is 5.97 Å². The van der Waals surface area contributed by atoms with Gasteiger partial charge in [-0.25, -0.2) is 9.78 Å². The number of nitrogens with two attached hydrogens (primary N) is 1. The fourth-order valence-corrected chi connectivity index (χ4v) is 2.23. The molecule has 21 heavy (non-hydrogen) atoms. The maximum absolute atomic E-state index is 11.7. The molecule has 0 radical (unpaired) electrons. The van der Waals surface area contributed by atoms with Crippen LogP contribution in [-0.4, -0.2) is 49.6 Å². The molecule has 1 rings (SSSR count). The van der Waals surface area contributed by atoms with E-state index in [0.29, 0.717) is 23.0 Å². The summed E-state index contributed by atoms with van der Waals surface area (Å²) in [6, 6.07) is 1.89. The van der Waals surface area contributed by atoms with Crippen LogP contribution in [0, 0.1) is 5.92 Å². The smallest absolute Gasteiger partial charge is 0.340 e. The van der Waals surface area contributed by atoms with Gasteiger partial charge in [-0.05, 0) is 32.5 Å². The predicted octanol–water partition coefficient (Wildman–Crippen LogP) is 1.84. The number of carbonyl (C=O) groups excluding carboxylic acids is 1. The molecule has 0 saturated carbocycles. The highest BCUT2D eigenvalue weighted by Gasteiger charge is 2.16. The number of anilines is 2. The number of esters is 1. The number of pyridine rings is 1. The second-order valence-corrected chi connectivity index (χ2v) is 5.88. The summed E-state index contributed by atoms with van der Waals surface area (Å²) in [5.74, 6) is 0.749. The highest BCUT2D eigenvalue weighted by molar-refractivity contribution is 5.95. The summed E-state index contributed by atoms with van der Waals surface area (Å²) in [5.41, 5.74) is 6.41. The zero-order chi connectivity index (χ0) is 16.0. The van der Waals surface area contributed by atoms with E-state index in [0.717, 1.165) is 13.0 Å². The fourth-order valence-electron chi connectivity index (χ4n) is 2.23. The van der Waals surface area contributed by atoms with Gasteiger partial charge in [0, 0.05) is 12.6 Å². The first-order valence-corrected chi connectivity index (χ1v) is 7.08. The Labute approximate surface area is 126 Å². The molecule has 1 unspecified atom stereocenters. The third-order valence-electron chi connectivity index (χ3n) is 3.03. The Morgan fingerprint density at radius 1 is 1.48 bits per heavy atom. The first-order valence-electron chi connectivity index (χ1n) is 7.08. The molecule has 0 aliphatic heterocycles. The summed E-state index contributed by atoms with van der Waals surface area (Å²) in [7, 11) is 5.40. The van der Waals surface area contributed by atoms with Crippen LogP contribution in [0.3, 0.4) is 0 Å². The van der Waals surface area contributed by atoms with Gasteiger partial charge in [-0.15, -0.1) is 0 Å². The lowest BCUT2D eigenvalue weighted by Gasteiger charge is -2.24. The maximum atomic E-state index is 11.7. The summed E-state index contributed by atoms with van der Waals surface area (Å²) in [4.78, 5) is 18.0. The van der Waals surface area contributed by atoms with Gasteiger partial charge in [0.25, 0.3) is 0 Å². The van der Waals surface area contributed by atoms with Crippen molar-refractivity contribution in [3.63, 3.8) is 0 Å². The summed E-state index contributed by atoms with van der Waals surface area (Å²) in [6.07, 6.45) is 2.49. The Morgan fingerprint density at radius 2 is 2.14 bits per heavy atom. The molecule has 0 bridgehead atoms. The third-order valence-corrected chi connectivity index (χ3v) is 3.03. The van der Waals surface area contributed by atoms with Crippen molar-refractivity contribution >= 4 is 17.5 Å². The van der Waals surface area contributed by atoms with Crippen LogP contribution in [0.15, 0.2) is 12.3 Å². The standard InChI is InChI=1S/C15H26N4O2/c1-10(2)6-11(9-19(3)4)18-14-7-12(15(20)21-5)13(16)8-17-14/h7-8,10-11H,6,9,16H2,1-5H3,(H,17,18). The molecule has 1 heterocycles. The van der Waals surface area contributed by atoms with E-state index in [-0.39, 0.29) is 6.04 Å². The van der Waals surface area contributed by atoms with E-state index in [2.05, 4.69) is 29.0 Å². The predicted molar refractivity (Wildman–Crippen MR) is 85.4 cm³/mol. The van der Waals surface area contributed by atoms with E-state index in [1.165, 1.54) is 13.3 Å². The van der Waals surface area contributed by atoms with Crippen molar-refractivity contribution in [2.24, 2.45) is 5.92 Å². The molecule has 0 aliphatic rings. The number of nitrogen functional groups attached to an aromatic ring is 1. The van der Waals surface area contributed by atoms with Crippen molar-refractivity contribution < 1.29 is 9.53 Å². The minimum atomic E-state index is -0.453. The lowest BCUT2D eigenvalue weighted by atomic mass is 10.0. The molecule has 0 aliphatic carbocycles. The molecule has 1 atom stereocenters. The lowest BCUT2D eigenvalue weighted by Crippen LogP contribution is -2.33. The van der Waals surface area contributed by atoms with Crippen molar-refractivity contribution in [1.82, 2.24) is 9.88 Å². The normalized spacial score (nSPS) is 12.5. The topological polar surface area (TPSA) is 80.5 Å².